The topological polar surface area (TPSA) is 66.5 Å². The van der Waals surface area contributed by atoms with Crippen LogP contribution in [-0.4, -0.2) is 26.7 Å². The van der Waals surface area contributed by atoms with Gasteiger partial charge in [0.2, 0.25) is 0 Å². The molecule has 2 aromatic rings. The standard InChI is InChI=1S/C8H11N5.ClH/c1-2-3-10-7-6-4-9-5-11-8(6)13-12-7;/h4-5H,2-3H2,1H3,(H2,9,10,11,12,13);1H. The summed E-state index contributed by atoms with van der Waals surface area (Å²) in [5, 5.41) is 11.1. The van der Waals surface area contributed by atoms with Crippen LogP contribution in [0.25, 0.3) is 11.0 Å². The van der Waals surface area contributed by atoms with Crippen LogP contribution >= 0.6 is 12.4 Å². The molecule has 0 bridgehead atoms. The Labute approximate surface area is 87.7 Å². The molecule has 0 radical (unpaired) electrons. The fourth-order valence-corrected chi connectivity index (χ4v) is 1.14. The summed E-state index contributed by atoms with van der Waals surface area (Å²) in [6.07, 6.45) is 4.33. The highest BCUT2D eigenvalue weighted by molar-refractivity contribution is 5.86. The van der Waals surface area contributed by atoms with Crippen molar-refractivity contribution in [3.63, 3.8) is 0 Å². The van der Waals surface area contributed by atoms with Crippen LogP contribution in [0.3, 0.4) is 0 Å². The van der Waals surface area contributed by atoms with Gasteiger partial charge in [0.25, 0.3) is 0 Å². The first-order valence-corrected chi connectivity index (χ1v) is 4.29. The van der Waals surface area contributed by atoms with Crippen LogP contribution < -0.4 is 5.32 Å². The van der Waals surface area contributed by atoms with E-state index in [2.05, 4.69) is 32.4 Å². The van der Waals surface area contributed by atoms with Crippen molar-refractivity contribution in [2.24, 2.45) is 0 Å². The average molecular weight is 214 g/mol. The maximum atomic E-state index is 4.09. The molecule has 2 heterocycles. The smallest absolute Gasteiger partial charge is 0.160 e. The van der Waals surface area contributed by atoms with E-state index in [9.17, 15) is 0 Å². The summed E-state index contributed by atoms with van der Waals surface area (Å²) in [4.78, 5) is 7.98. The molecule has 0 aliphatic heterocycles. The third-order valence-corrected chi connectivity index (χ3v) is 1.78. The van der Waals surface area contributed by atoms with Crippen molar-refractivity contribution in [2.45, 2.75) is 13.3 Å². The number of halogens is 1. The Hall–Kier alpha value is -1.36. The van der Waals surface area contributed by atoms with Gasteiger partial charge < -0.3 is 5.32 Å². The lowest BCUT2D eigenvalue weighted by Crippen LogP contribution is -2.00. The molecular formula is C8H12ClN5. The minimum absolute atomic E-state index is 0. The molecule has 0 aliphatic rings. The first-order valence-electron chi connectivity index (χ1n) is 4.29. The van der Waals surface area contributed by atoms with Crippen molar-refractivity contribution in [1.82, 2.24) is 20.2 Å². The number of anilines is 1. The van der Waals surface area contributed by atoms with E-state index in [1.54, 1.807) is 6.20 Å². The van der Waals surface area contributed by atoms with Crippen LogP contribution in [-0.2, 0) is 0 Å². The first-order chi connectivity index (χ1) is 6.42. The molecule has 0 spiro atoms. The van der Waals surface area contributed by atoms with Crippen LogP contribution in [0, 0.1) is 0 Å². The summed E-state index contributed by atoms with van der Waals surface area (Å²) < 4.78 is 0. The van der Waals surface area contributed by atoms with Crippen molar-refractivity contribution in [1.29, 1.82) is 0 Å². The molecular weight excluding hydrogens is 202 g/mol. The van der Waals surface area contributed by atoms with Gasteiger partial charge in [0.15, 0.2) is 11.5 Å². The number of hydrogen-bond donors (Lipinski definition) is 2. The van der Waals surface area contributed by atoms with Gasteiger partial charge in [-0.2, -0.15) is 5.10 Å². The Kier molecular flexibility index (Phi) is 3.64. The second-order valence-corrected chi connectivity index (χ2v) is 2.78. The van der Waals surface area contributed by atoms with E-state index in [4.69, 9.17) is 0 Å². The van der Waals surface area contributed by atoms with Gasteiger partial charge in [0.1, 0.15) is 6.33 Å². The highest BCUT2D eigenvalue weighted by Crippen LogP contribution is 2.15. The van der Waals surface area contributed by atoms with Crippen LogP contribution in [0.4, 0.5) is 5.82 Å². The van der Waals surface area contributed by atoms with Gasteiger partial charge in [-0.15, -0.1) is 12.4 Å². The van der Waals surface area contributed by atoms with E-state index < -0.39 is 0 Å². The lowest BCUT2D eigenvalue weighted by Gasteiger charge is -1.98. The number of nitrogens with one attached hydrogen (secondary N) is 2. The molecule has 0 fully saturated rings. The number of aromatic nitrogens is 4. The molecule has 76 valence electrons. The molecule has 0 aromatic carbocycles. The maximum Gasteiger partial charge on any atom is 0.160 e. The lowest BCUT2D eigenvalue weighted by molar-refractivity contribution is 0.963. The lowest BCUT2D eigenvalue weighted by atomic mass is 10.4. The van der Waals surface area contributed by atoms with Crippen molar-refractivity contribution in [3.05, 3.63) is 12.5 Å². The SMILES string of the molecule is CCCNc1n[nH]c2ncncc12.Cl. The molecule has 2 aromatic heterocycles. The van der Waals surface area contributed by atoms with Gasteiger partial charge in [-0.05, 0) is 6.42 Å². The number of nitrogens with zero attached hydrogens (tertiary/aromatic N) is 3. The van der Waals surface area contributed by atoms with Gasteiger partial charge in [0, 0.05) is 12.7 Å². The summed E-state index contributed by atoms with van der Waals surface area (Å²) >= 11 is 0. The molecule has 0 atom stereocenters. The zero-order chi connectivity index (χ0) is 9.10. The van der Waals surface area contributed by atoms with Gasteiger partial charge in [-0.3, -0.25) is 5.10 Å². The molecule has 5 nitrogen and oxygen atoms in total. The minimum Gasteiger partial charge on any atom is -0.368 e. The van der Waals surface area contributed by atoms with Crippen molar-refractivity contribution in [2.75, 3.05) is 11.9 Å². The summed E-state index contributed by atoms with van der Waals surface area (Å²) in [7, 11) is 0. The number of H-pyrrole nitrogens is 1. The number of aromatic amines is 1. The summed E-state index contributed by atoms with van der Waals surface area (Å²) in [5.74, 6) is 0.831. The van der Waals surface area contributed by atoms with Crippen molar-refractivity contribution < 1.29 is 0 Å². The van der Waals surface area contributed by atoms with Crippen LogP contribution in [0.1, 0.15) is 13.3 Å². The zero-order valence-corrected chi connectivity index (χ0v) is 8.64. The minimum atomic E-state index is 0. The molecule has 2 rings (SSSR count). The fourth-order valence-electron chi connectivity index (χ4n) is 1.14. The molecule has 2 N–H and O–H groups in total. The van der Waals surface area contributed by atoms with Crippen LogP contribution in [0.15, 0.2) is 12.5 Å². The van der Waals surface area contributed by atoms with Crippen molar-refractivity contribution in [3.8, 4) is 0 Å². The third kappa shape index (κ3) is 1.93. The van der Waals surface area contributed by atoms with E-state index in [1.807, 2.05) is 0 Å². The molecule has 0 amide bonds. The van der Waals surface area contributed by atoms with Gasteiger partial charge in [-0.25, -0.2) is 9.97 Å². The second kappa shape index (κ2) is 4.76. The van der Waals surface area contributed by atoms with Gasteiger partial charge in [-0.1, -0.05) is 6.92 Å². The predicted molar refractivity (Wildman–Crippen MR) is 57.7 cm³/mol. The Bertz CT molecular complexity index is 399. The Balaban J connectivity index is 0.000000980. The summed E-state index contributed by atoms with van der Waals surface area (Å²) in [5.41, 5.74) is 0.772. The maximum absolute atomic E-state index is 4.09. The number of fused-ring (bicyclic) bond motifs is 1. The monoisotopic (exact) mass is 213 g/mol. The quantitative estimate of drug-likeness (QED) is 0.813. The Morgan fingerprint density at radius 3 is 3.14 bits per heavy atom. The second-order valence-electron chi connectivity index (χ2n) is 2.78. The van der Waals surface area contributed by atoms with E-state index in [0.717, 1.165) is 29.8 Å². The van der Waals surface area contributed by atoms with E-state index >= 15 is 0 Å². The highest BCUT2D eigenvalue weighted by Gasteiger charge is 2.03. The first kappa shape index (κ1) is 10.7. The predicted octanol–water partition coefficient (Wildman–Crippen LogP) is 1.60. The molecule has 14 heavy (non-hydrogen) atoms. The molecule has 0 unspecified atom stereocenters. The average Bonchev–Trinajstić information content (AvgIpc) is 2.58. The van der Waals surface area contributed by atoms with E-state index in [0.29, 0.717) is 0 Å². The summed E-state index contributed by atoms with van der Waals surface area (Å²) in [6.45, 7) is 3.02. The summed E-state index contributed by atoms with van der Waals surface area (Å²) in [6, 6.07) is 0. The van der Waals surface area contributed by atoms with Crippen LogP contribution in [0.5, 0.6) is 0 Å². The zero-order valence-electron chi connectivity index (χ0n) is 7.82. The molecule has 0 saturated carbocycles. The fraction of sp³-hybridized carbons (Fsp3) is 0.375. The van der Waals surface area contributed by atoms with Crippen LogP contribution in [0.2, 0.25) is 0 Å². The number of rotatable bonds is 3. The molecule has 0 aliphatic carbocycles. The van der Waals surface area contributed by atoms with E-state index in [1.165, 1.54) is 6.33 Å². The highest BCUT2D eigenvalue weighted by atomic mass is 35.5. The largest absolute Gasteiger partial charge is 0.368 e. The Morgan fingerprint density at radius 2 is 2.36 bits per heavy atom. The third-order valence-electron chi connectivity index (χ3n) is 1.78. The number of hydrogen-bond acceptors (Lipinski definition) is 4. The van der Waals surface area contributed by atoms with Crippen molar-refractivity contribution >= 4 is 29.3 Å². The van der Waals surface area contributed by atoms with E-state index in [-0.39, 0.29) is 12.4 Å². The van der Waals surface area contributed by atoms with Gasteiger partial charge in [0.05, 0.1) is 5.39 Å². The Morgan fingerprint density at radius 1 is 1.50 bits per heavy atom. The molecule has 6 heteroatoms. The van der Waals surface area contributed by atoms with Gasteiger partial charge >= 0.3 is 0 Å². The normalized spacial score (nSPS) is 9.79. The molecule has 0 saturated heterocycles.